The van der Waals surface area contributed by atoms with E-state index in [-0.39, 0.29) is 18.0 Å². The molecule has 1 amide bonds. The second-order valence-electron chi connectivity index (χ2n) is 5.66. The molecule has 1 aliphatic rings. The van der Waals surface area contributed by atoms with E-state index < -0.39 is 30.1 Å². The van der Waals surface area contributed by atoms with Crippen molar-refractivity contribution in [1.82, 2.24) is 0 Å². The molecule has 0 saturated heterocycles. The van der Waals surface area contributed by atoms with Crippen molar-refractivity contribution in [2.75, 3.05) is 5.32 Å². The van der Waals surface area contributed by atoms with E-state index >= 15 is 0 Å². The molecule has 0 aromatic heterocycles. The van der Waals surface area contributed by atoms with Crippen LogP contribution in [0.25, 0.3) is 0 Å². The summed E-state index contributed by atoms with van der Waals surface area (Å²) in [5, 5.41) is 2.46. The molecule has 136 valence electrons. The molecule has 2 rings (SSSR count). The zero-order chi connectivity index (χ0) is 18.4. The van der Waals surface area contributed by atoms with Crippen LogP contribution in [0.4, 0.5) is 18.9 Å². The lowest BCUT2D eigenvalue weighted by Gasteiger charge is -2.15. The van der Waals surface area contributed by atoms with Gasteiger partial charge in [0.05, 0.1) is 6.42 Å². The van der Waals surface area contributed by atoms with Gasteiger partial charge in [-0.25, -0.2) is 0 Å². The van der Waals surface area contributed by atoms with E-state index in [0.717, 1.165) is 25.0 Å². The van der Waals surface area contributed by atoms with Crippen molar-refractivity contribution in [3.05, 3.63) is 36.4 Å². The molecule has 0 radical (unpaired) electrons. The van der Waals surface area contributed by atoms with Crippen LogP contribution in [0.1, 0.15) is 26.2 Å². The lowest BCUT2D eigenvalue weighted by molar-refractivity contribution is -0.274. The lowest BCUT2D eigenvalue weighted by atomic mass is 10.1. The minimum absolute atomic E-state index is 0.143. The fourth-order valence-electron chi connectivity index (χ4n) is 2.36. The first kappa shape index (κ1) is 18.8. The van der Waals surface area contributed by atoms with Gasteiger partial charge in [-0.3, -0.25) is 9.59 Å². The number of benzene rings is 1. The zero-order valence-corrected chi connectivity index (χ0v) is 13.5. The van der Waals surface area contributed by atoms with Gasteiger partial charge in [0, 0.05) is 5.69 Å². The molecular formula is C17H18F3NO4. The molecule has 0 saturated carbocycles. The third kappa shape index (κ3) is 6.48. The van der Waals surface area contributed by atoms with Gasteiger partial charge in [-0.1, -0.05) is 12.2 Å². The van der Waals surface area contributed by atoms with Crippen molar-refractivity contribution in [1.29, 1.82) is 0 Å². The van der Waals surface area contributed by atoms with Crippen molar-refractivity contribution in [3.63, 3.8) is 0 Å². The number of nitrogens with one attached hydrogen (secondary N) is 1. The highest BCUT2D eigenvalue weighted by molar-refractivity contribution is 5.95. The average molecular weight is 357 g/mol. The Morgan fingerprint density at radius 3 is 2.52 bits per heavy atom. The Labute approximate surface area is 142 Å². The van der Waals surface area contributed by atoms with Crippen molar-refractivity contribution in [3.8, 4) is 5.75 Å². The van der Waals surface area contributed by atoms with E-state index in [9.17, 15) is 22.8 Å². The number of amides is 1. The summed E-state index contributed by atoms with van der Waals surface area (Å²) < 4.78 is 45.1. The maximum atomic E-state index is 12.1. The van der Waals surface area contributed by atoms with Crippen molar-refractivity contribution in [2.45, 2.75) is 38.7 Å². The van der Waals surface area contributed by atoms with Crippen molar-refractivity contribution in [2.24, 2.45) is 5.92 Å². The molecule has 0 fully saturated rings. The first-order valence-corrected chi connectivity index (χ1v) is 7.76. The molecule has 0 unspecified atom stereocenters. The molecule has 0 aliphatic heterocycles. The van der Waals surface area contributed by atoms with Gasteiger partial charge in [0.25, 0.3) is 5.91 Å². The van der Waals surface area contributed by atoms with Crippen molar-refractivity contribution >= 4 is 17.6 Å². The quantitative estimate of drug-likeness (QED) is 0.621. The number of hydrogen-bond acceptors (Lipinski definition) is 4. The summed E-state index contributed by atoms with van der Waals surface area (Å²) in [6.07, 6.45) is 0.212. The van der Waals surface area contributed by atoms with Gasteiger partial charge in [0.2, 0.25) is 0 Å². The maximum absolute atomic E-state index is 12.1. The number of allylic oxidation sites excluding steroid dienone is 2. The molecule has 1 aromatic carbocycles. The highest BCUT2D eigenvalue weighted by Gasteiger charge is 2.31. The van der Waals surface area contributed by atoms with Gasteiger partial charge in [-0.15, -0.1) is 13.2 Å². The predicted octanol–water partition coefficient (Wildman–Crippen LogP) is 3.81. The van der Waals surface area contributed by atoms with Gasteiger partial charge in [-0.05, 0) is 49.9 Å². The number of halogens is 3. The molecule has 5 nitrogen and oxygen atoms in total. The zero-order valence-electron chi connectivity index (χ0n) is 13.5. The second-order valence-corrected chi connectivity index (χ2v) is 5.66. The molecule has 0 bridgehead atoms. The van der Waals surface area contributed by atoms with Crippen LogP contribution in [0.3, 0.4) is 0 Å². The van der Waals surface area contributed by atoms with Gasteiger partial charge >= 0.3 is 12.3 Å². The van der Waals surface area contributed by atoms with E-state index in [0.29, 0.717) is 0 Å². The van der Waals surface area contributed by atoms with Crippen LogP contribution in [0.15, 0.2) is 36.4 Å². The molecule has 1 aromatic rings. The number of ether oxygens (including phenoxy) is 2. The largest absolute Gasteiger partial charge is 0.573 e. The van der Waals surface area contributed by atoms with Gasteiger partial charge < -0.3 is 14.8 Å². The number of alkyl halides is 3. The smallest absolute Gasteiger partial charge is 0.453 e. The standard InChI is InChI=1S/C17H18F3NO4/c1-11(24-15(22)10-12-4-2-3-5-12)16(23)21-13-6-8-14(9-7-13)25-17(18,19)20/h2,4,6-9,11-12H,3,5,10H2,1H3,(H,21,23)/t11-,12-/m1/s1. The SMILES string of the molecule is C[C@@H](OC(=O)C[C@@H]1C=CCC1)C(=O)Nc1ccc(OC(F)(F)F)cc1. The molecule has 0 heterocycles. The second kappa shape index (κ2) is 8.04. The highest BCUT2D eigenvalue weighted by atomic mass is 19.4. The van der Waals surface area contributed by atoms with E-state index in [1.54, 1.807) is 0 Å². The summed E-state index contributed by atoms with van der Waals surface area (Å²) >= 11 is 0. The number of carbonyl (C=O) groups is 2. The van der Waals surface area contributed by atoms with E-state index in [1.165, 1.54) is 19.1 Å². The Morgan fingerprint density at radius 2 is 1.96 bits per heavy atom. The Morgan fingerprint density at radius 1 is 1.28 bits per heavy atom. The normalized spacial score (nSPS) is 17.8. The Balaban J connectivity index is 1.81. The van der Waals surface area contributed by atoms with Crippen LogP contribution in [-0.4, -0.2) is 24.3 Å². The molecule has 0 spiro atoms. The topological polar surface area (TPSA) is 64.6 Å². The third-order valence-corrected chi connectivity index (χ3v) is 3.57. The minimum atomic E-state index is -4.78. The number of carbonyl (C=O) groups excluding carboxylic acids is 2. The summed E-state index contributed by atoms with van der Waals surface area (Å²) in [6, 6.07) is 4.67. The van der Waals surface area contributed by atoms with Gasteiger partial charge in [0.15, 0.2) is 6.10 Å². The molecule has 1 N–H and O–H groups in total. The fourth-order valence-corrected chi connectivity index (χ4v) is 2.36. The minimum Gasteiger partial charge on any atom is -0.453 e. The Kier molecular flexibility index (Phi) is 6.06. The summed E-state index contributed by atoms with van der Waals surface area (Å²) in [6.45, 7) is 1.43. The Bertz CT molecular complexity index is 640. The number of rotatable bonds is 6. The molecular weight excluding hydrogens is 339 g/mol. The number of hydrogen-bond donors (Lipinski definition) is 1. The highest BCUT2D eigenvalue weighted by Crippen LogP contribution is 2.24. The summed E-state index contributed by atoms with van der Waals surface area (Å²) in [5.41, 5.74) is 0.265. The fraction of sp³-hybridized carbons (Fsp3) is 0.412. The van der Waals surface area contributed by atoms with Crippen LogP contribution in [0.2, 0.25) is 0 Å². The number of esters is 1. The monoisotopic (exact) mass is 357 g/mol. The van der Waals surface area contributed by atoms with Gasteiger partial charge in [0.1, 0.15) is 5.75 Å². The lowest BCUT2D eigenvalue weighted by Crippen LogP contribution is -2.30. The first-order chi connectivity index (χ1) is 11.7. The van der Waals surface area contributed by atoms with Crippen LogP contribution in [0, 0.1) is 5.92 Å². The van der Waals surface area contributed by atoms with Crippen LogP contribution >= 0.6 is 0 Å². The molecule has 1 aliphatic carbocycles. The van der Waals surface area contributed by atoms with E-state index in [2.05, 4.69) is 10.1 Å². The third-order valence-electron chi connectivity index (χ3n) is 3.57. The predicted molar refractivity (Wildman–Crippen MR) is 83.8 cm³/mol. The van der Waals surface area contributed by atoms with Crippen LogP contribution in [-0.2, 0) is 14.3 Å². The summed E-state index contributed by atoms with van der Waals surface area (Å²) in [7, 11) is 0. The Hall–Kier alpha value is -2.51. The van der Waals surface area contributed by atoms with Crippen LogP contribution < -0.4 is 10.1 Å². The van der Waals surface area contributed by atoms with Crippen molar-refractivity contribution < 1.29 is 32.2 Å². The molecule has 8 heteroatoms. The molecule has 25 heavy (non-hydrogen) atoms. The molecule has 2 atom stereocenters. The van der Waals surface area contributed by atoms with Gasteiger partial charge in [-0.2, -0.15) is 0 Å². The average Bonchev–Trinajstić information content (AvgIpc) is 3.00. The van der Waals surface area contributed by atoms with Crippen LogP contribution in [0.5, 0.6) is 5.75 Å². The number of anilines is 1. The van der Waals surface area contributed by atoms with E-state index in [1.807, 2.05) is 12.2 Å². The summed E-state index contributed by atoms with van der Waals surface area (Å²) in [4.78, 5) is 23.8. The van der Waals surface area contributed by atoms with E-state index in [4.69, 9.17) is 4.74 Å². The maximum Gasteiger partial charge on any atom is 0.573 e. The first-order valence-electron chi connectivity index (χ1n) is 7.76. The summed E-state index contributed by atoms with van der Waals surface area (Å²) in [5.74, 6) is -1.29.